The van der Waals surface area contributed by atoms with Gasteiger partial charge in [-0.15, -0.1) is 0 Å². The molecule has 30 heavy (non-hydrogen) atoms. The van der Waals surface area contributed by atoms with E-state index in [2.05, 4.69) is 19.8 Å². The Hall–Kier alpha value is -2.83. The van der Waals surface area contributed by atoms with Crippen molar-refractivity contribution >= 4 is 28.9 Å². The van der Waals surface area contributed by atoms with Crippen LogP contribution in [0.5, 0.6) is 0 Å². The number of halogens is 1. The normalized spacial score (nSPS) is 14.0. The summed E-state index contributed by atoms with van der Waals surface area (Å²) < 4.78 is 7.56. The van der Waals surface area contributed by atoms with Gasteiger partial charge in [0.2, 0.25) is 0 Å². The molecule has 1 saturated heterocycles. The maximum Gasteiger partial charge on any atom is 0.257 e. The number of benzene rings is 1. The fourth-order valence-corrected chi connectivity index (χ4v) is 3.98. The average molecular weight is 425 g/mol. The van der Waals surface area contributed by atoms with Gasteiger partial charge < -0.3 is 19.5 Å². The molecule has 3 aromatic rings. The van der Waals surface area contributed by atoms with Gasteiger partial charge in [-0.1, -0.05) is 17.7 Å². The molecule has 4 rings (SSSR count). The van der Waals surface area contributed by atoms with E-state index in [0.29, 0.717) is 36.0 Å². The standard InChI is InChI=1S/C23H25ClN4O2/c1-16-13-20(17(2)28(16)15-19-5-3-4-8-25-19)23(29)26-21-14-18(24)6-7-22(21)27-9-11-30-12-10-27/h3-8,13-14H,9-12,15H2,1-2H3,(H,26,29). The fourth-order valence-electron chi connectivity index (χ4n) is 3.81. The summed E-state index contributed by atoms with van der Waals surface area (Å²) in [4.78, 5) is 19.8. The van der Waals surface area contributed by atoms with Crippen LogP contribution in [0.4, 0.5) is 11.4 Å². The van der Waals surface area contributed by atoms with E-state index in [1.807, 2.05) is 50.2 Å². The predicted octanol–water partition coefficient (Wildman–Crippen LogP) is 4.29. The molecule has 3 heterocycles. The van der Waals surface area contributed by atoms with Crippen molar-refractivity contribution in [1.29, 1.82) is 0 Å². The van der Waals surface area contributed by atoms with Crippen LogP contribution in [0.25, 0.3) is 0 Å². The lowest BCUT2D eigenvalue weighted by Gasteiger charge is -2.30. The Labute approximate surface area is 181 Å². The van der Waals surface area contributed by atoms with E-state index >= 15 is 0 Å². The first kappa shape index (κ1) is 20.4. The van der Waals surface area contributed by atoms with Gasteiger partial charge in [0.15, 0.2) is 0 Å². The number of hydrogen-bond acceptors (Lipinski definition) is 4. The average Bonchev–Trinajstić information content (AvgIpc) is 3.04. The smallest absolute Gasteiger partial charge is 0.257 e. The Balaban J connectivity index is 1.59. The minimum absolute atomic E-state index is 0.146. The van der Waals surface area contributed by atoms with Crippen LogP contribution in [0.3, 0.4) is 0 Å². The second kappa shape index (κ2) is 8.90. The van der Waals surface area contributed by atoms with Crippen molar-refractivity contribution < 1.29 is 9.53 Å². The Bertz CT molecular complexity index is 1040. The maximum absolute atomic E-state index is 13.2. The third-order valence-electron chi connectivity index (χ3n) is 5.42. The minimum atomic E-state index is -0.146. The zero-order valence-electron chi connectivity index (χ0n) is 17.2. The molecular weight excluding hydrogens is 400 g/mol. The summed E-state index contributed by atoms with van der Waals surface area (Å²) in [5, 5.41) is 3.66. The minimum Gasteiger partial charge on any atom is -0.378 e. The van der Waals surface area contributed by atoms with Crippen LogP contribution in [-0.2, 0) is 11.3 Å². The Kier molecular flexibility index (Phi) is 6.06. The summed E-state index contributed by atoms with van der Waals surface area (Å²) in [7, 11) is 0. The first-order chi connectivity index (χ1) is 14.5. The van der Waals surface area contributed by atoms with Gasteiger partial charge in [-0.25, -0.2) is 0 Å². The molecule has 1 amide bonds. The second-order valence-corrected chi connectivity index (χ2v) is 7.84. The number of aromatic nitrogens is 2. The van der Waals surface area contributed by atoms with E-state index in [9.17, 15) is 4.79 Å². The molecule has 0 spiro atoms. The number of aryl methyl sites for hydroxylation is 1. The highest BCUT2D eigenvalue weighted by Gasteiger charge is 2.20. The SMILES string of the molecule is Cc1cc(C(=O)Nc2cc(Cl)ccc2N2CCOCC2)c(C)n1Cc1ccccn1. The van der Waals surface area contributed by atoms with Crippen molar-refractivity contribution in [2.75, 3.05) is 36.5 Å². The van der Waals surface area contributed by atoms with E-state index in [4.69, 9.17) is 16.3 Å². The number of rotatable bonds is 5. The van der Waals surface area contributed by atoms with Gasteiger partial charge >= 0.3 is 0 Å². The number of carbonyl (C=O) groups is 1. The monoisotopic (exact) mass is 424 g/mol. The van der Waals surface area contributed by atoms with Gasteiger partial charge in [-0.05, 0) is 50.2 Å². The molecule has 1 aromatic carbocycles. The van der Waals surface area contributed by atoms with Crippen molar-refractivity contribution in [3.05, 3.63) is 76.3 Å². The molecule has 0 saturated carbocycles. The summed E-state index contributed by atoms with van der Waals surface area (Å²) in [5.41, 5.74) is 5.20. The van der Waals surface area contributed by atoms with Crippen LogP contribution in [-0.4, -0.2) is 41.8 Å². The molecule has 2 aromatic heterocycles. The molecule has 1 aliphatic heterocycles. The van der Waals surface area contributed by atoms with Crippen LogP contribution in [0, 0.1) is 13.8 Å². The molecule has 156 valence electrons. The first-order valence-corrected chi connectivity index (χ1v) is 10.4. The summed E-state index contributed by atoms with van der Waals surface area (Å²) in [6, 6.07) is 13.4. The molecule has 0 aliphatic carbocycles. The zero-order chi connectivity index (χ0) is 21.1. The lowest BCUT2D eigenvalue weighted by molar-refractivity contribution is 0.102. The van der Waals surface area contributed by atoms with Crippen LogP contribution >= 0.6 is 11.6 Å². The number of carbonyl (C=O) groups excluding carboxylic acids is 1. The van der Waals surface area contributed by atoms with Gasteiger partial charge in [-0.2, -0.15) is 0 Å². The number of amides is 1. The number of nitrogens with zero attached hydrogens (tertiary/aromatic N) is 3. The van der Waals surface area contributed by atoms with E-state index in [-0.39, 0.29) is 5.91 Å². The Morgan fingerprint density at radius 2 is 1.97 bits per heavy atom. The highest BCUT2D eigenvalue weighted by molar-refractivity contribution is 6.31. The lowest BCUT2D eigenvalue weighted by Crippen LogP contribution is -2.36. The number of ether oxygens (including phenoxy) is 1. The number of anilines is 2. The van der Waals surface area contributed by atoms with Gasteiger partial charge in [0.1, 0.15) is 0 Å². The van der Waals surface area contributed by atoms with Gasteiger partial charge in [0.05, 0.1) is 42.4 Å². The predicted molar refractivity (Wildman–Crippen MR) is 120 cm³/mol. The number of nitrogens with one attached hydrogen (secondary N) is 1. The zero-order valence-corrected chi connectivity index (χ0v) is 17.9. The molecule has 7 heteroatoms. The summed E-state index contributed by atoms with van der Waals surface area (Å²) >= 11 is 6.23. The molecule has 0 radical (unpaired) electrons. The fraction of sp³-hybridized carbons (Fsp3) is 0.304. The summed E-state index contributed by atoms with van der Waals surface area (Å²) in [5.74, 6) is -0.146. The topological polar surface area (TPSA) is 59.4 Å². The number of pyridine rings is 1. The van der Waals surface area contributed by atoms with Gasteiger partial charge in [0.25, 0.3) is 5.91 Å². The highest BCUT2D eigenvalue weighted by Crippen LogP contribution is 2.31. The molecular formula is C23H25ClN4O2. The molecule has 0 unspecified atom stereocenters. The van der Waals surface area contributed by atoms with Crippen LogP contribution < -0.4 is 10.2 Å². The first-order valence-electron chi connectivity index (χ1n) is 10.0. The van der Waals surface area contributed by atoms with Crippen molar-refractivity contribution in [2.45, 2.75) is 20.4 Å². The van der Waals surface area contributed by atoms with Crippen molar-refractivity contribution in [1.82, 2.24) is 9.55 Å². The highest BCUT2D eigenvalue weighted by atomic mass is 35.5. The van der Waals surface area contributed by atoms with Crippen LogP contribution in [0.1, 0.15) is 27.4 Å². The largest absolute Gasteiger partial charge is 0.378 e. The molecule has 1 N–H and O–H groups in total. The maximum atomic E-state index is 13.2. The van der Waals surface area contributed by atoms with Crippen molar-refractivity contribution in [2.24, 2.45) is 0 Å². The summed E-state index contributed by atoms with van der Waals surface area (Å²) in [6.45, 7) is 7.50. The Morgan fingerprint density at radius 3 is 2.70 bits per heavy atom. The van der Waals surface area contributed by atoms with E-state index in [0.717, 1.165) is 35.9 Å². The molecule has 1 aliphatic rings. The number of hydrogen-bond donors (Lipinski definition) is 1. The molecule has 1 fully saturated rings. The van der Waals surface area contributed by atoms with Crippen LogP contribution in [0.2, 0.25) is 5.02 Å². The number of morpholine rings is 1. The van der Waals surface area contributed by atoms with E-state index < -0.39 is 0 Å². The van der Waals surface area contributed by atoms with E-state index in [1.165, 1.54) is 0 Å². The molecule has 6 nitrogen and oxygen atoms in total. The molecule has 0 bridgehead atoms. The quantitative estimate of drug-likeness (QED) is 0.663. The molecule has 0 atom stereocenters. The lowest BCUT2D eigenvalue weighted by atomic mass is 10.2. The van der Waals surface area contributed by atoms with E-state index in [1.54, 1.807) is 12.3 Å². The van der Waals surface area contributed by atoms with Crippen molar-refractivity contribution in [3.8, 4) is 0 Å². The van der Waals surface area contributed by atoms with Gasteiger partial charge in [-0.3, -0.25) is 9.78 Å². The van der Waals surface area contributed by atoms with Crippen LogP contribution in [0.15, 0.2) is 48.7 Å². The van der Waals surface area contributed by atoms with Crippen molar-refractivity contribution in [3.63, 3.8) is 0 Å². The summed E-state index contributed by atoms with van der Waals surface area (Å²) in [6.07, 6.45) is 1.78. The third kappa shape index (κ3) is 4.35. The third-order valence-corrected chi connectivity index (χ3v) is 5.66. The second-order valence-electron chi connectivity index (χ2n) is 7.41. The van der Waals surface area contributed by atoms with Gasteiger partial charge in [0, 0.05) is 35.7 Å². The Morgan fingerprint density at radius 1 is 1.17 bits per heavy atom.